The smallest absolute Gasteiger partial charge is 0.261 e. The maximum atomic E-state index is 12.4. The van der Waals surface area contributed by atoms with Crippen molar-refractivity contribution in [1.29, 1.82) is 5.26 Å². The SMILES string of the molecule is N#CCCN(c1ccc(-c2ccnc(Nc3ccc(N4CCC(C(=O)SCF)CC4)cc3)n2)cc1)S(=O)O. The van der Waals surface area contributed by atoms with Crippen LogP contribution in [0.2, 0.25) is 0 Å². The van der Waals surface area contributed by atoms with Crippen LogP contribution in [0.1, 0.15) is 19.3 Å². The van der Waals surface area contributed by atoms with Gasteiger partial charge in [-0.2, -0.15) is 5.26 Å². The Labute approximate surface area is 227 Å². The molecule has 2 aromatic carbocycles. The van der Waals surface area contributed by atoms with Crippen molar-refractivity contribution in [2.45, 2.75) is 19.3 Å². The Kier molecular flexibility index (Phi) is 9.64. The zero-order valence-electron chi connectivity index (χ0n) is 20.5. The molecular weight excluding hydrogens is 527 g/mol. The van der Waals surface area contributed by atoms with E-state index < -0.39 is 17.3 Å². The zero-order valence-corrected chi connectivity index (χ0v) is 22.1. The van der Waals surface area contributed by atoms with Gasteiger partial charge in [-0.3, -0.25) is 13.7 Å². The molecule has 1 atom stereocenters. The standard InChI is InChI=1S/C26H27FN6O3S2/c27-18-37-25(34)20-11-16-32(17-12-20)22-8-4-21(5-9-22)30-26-29-14-10-24(31-26)19-2-6-23(7-3-19)33(38(35)36)15-1-13-28/h2-10,14,20H,1,11-12,15-18H2,(H,35,36)(H,29,30,31). The lowest BCUT2D eigenvalue weighted by atomic mass is 9.98. The Hall–Kier alpha value is -3.53. The molecule has 2 N–H and O–H groups in total. The summed E-state index contributed by atoms with van der Waals surface area (Å²) in [5.74, 6) is 0.353. The van der Waals surface area contributed by atoms with Crippen LogP contribution in [0.25, 0.3) is 11.3 Å². The molecule has 3 aromatic rings. The number of anilines is 4. The predicted molar refractivity (Wildman–Crippen MR) is 149 cm³/mol. The van der Waals surface area contributed by atoms with Gasteiger partial charge in [0.1, 0.15) is 6.01 Å². The monoisotopic (exact) mass is 554 g/mol. The molecule has 1 aliphatic rings. The molecular formula is C26H27FN6O3S2. The van der Waals surface area contributed by atoms with Crippen molar-refractivity contribution >= 4 is 51.2 Å². The Morgan fingerprint density at radius 1 is 1.18 bits per heavy atom. The van der Waals surface area contributed by atoms with Crippen molar-refractivity contribution in [1.82, 2.24) is 9.97 Å². The van der Waals surface area contributed by atoms with Gasteiger partial charge in [0.05, 0.1) is 23.9 Å². The molecule has 1 aromatic heterocycles. The highest BCUT2D eigenvalue weighted by atomic mass is 32.2. The normalized spacial score (nSPS) is 14.5. The van der Waals surface area contributed by atoms with Crippen LogP contribution in [0.4, 0.5) is 27.4 Å². The largest absolute Gasteiger partial charge is 0.371 e. The first-order valence-corrected chi connectivity index (χ1v) is 14.1. The zero-order chi connectivity index (χ0) is 26.9. The third-order valence-electron chi connectivity index (χ3n) is 6.24. The summed E-state index contributed by atoms with van der Waals surface area (Å²) in [6.07, 6.45) is 3.24. The number of thioether (sulfide) groups is 1. The van der Waals surface area contributed by atoms with Crippen molar-refractivity contribution in [3.05, 3.63) is 60.8 Å². The summed E-state index contributed by atoms with van der Waals surface area (Å²) in [6.45, 7) is 1.66. The molecule has 9 nitrogen and oxygen atoms in total. The fraction of sp³-hybridized carbons (Fsp3) is 0.308. The average molecular weight is 555 g/mol. The van der Waals surface area contributed by atoms with Crippen LogP contribution in [0, 0.1) is 17.2 Å². The number of hydrogen-bond donors (Lipinski definition) is 2. The molecule has 0 saturated carbocycles. The summed E-state index contributed by atoms with van der Waals surface area (Å²) in [6, 6.07) is 18.0. The van der Waals surface area contributed by atoms with E-state index >= 15 is 0 Å². The Morgan fingerprint density at radius 2 is 1.89 bits per heavy atom. The molecule has 12 heteroatoms. The molecule has 1 aliphatic heterocycles. The molecule has 1 saturated heterocycles. The van der Waals surface area contributed by atoms with Crippen LogP contribution in [0.15, 0.2) is 60.8 Å². The van der Waals surface area contributed by atoms with Gasteiger partial charge in [-0.05, 0) is 55.3 Å². The number of carbonyl (C=O) groups excluding carboxylic acids is 1. The highest BCUT2D eigenvalue weighted by Gasteiger charge is 2.25. The van der Waals surface area contributed by atoms with Gasteiger partial charge in [0.25, 0.3) is 11.3 Å². The van der Waals surface area contributed by atoms with Crippen molar-refractivity contribution in [3.63, 3.8) is 0 Å². The number of carbonyl (C=O) groups is 1. The van der Waals surface area contributed by atoms with E-state index in [0.717, 1.165) is 54.6 Å². The molecule has 198 valence electrons. The van der Waals surface area contributed by atoms with Gasteiger partial charge in [0.15, 0.2) is 5.12 Å². The third-order valence-corrected chi connectivity index (χ3v) is 7.73. The second-order valence-electron chi connectivity index (χ2n) is 8.56. The molecule has 0 radical (unpaired) electrons. The van der Waals surface area contributed by atoms with E-state index in [4.69, 9.17) is 5.26 Å². The van der Waals surface area contributed by atoms with Gasteiger partial charge in [0.2, 0.25) is 5.95 Å². The first-order valence-electron chi connectivity index (χ1n) is 12.0. The minimum Gasteiger partial charge on any atom is -0.371 e. The molecule has 38 heavy (non-hydrogen) atoms. The number of aromatic nitrogens is 2. The lowest BCUT2D eigenvalue weighted by Gasteiger charge is -2.32. The molecule has 0 aliphatic carbocycles. The van der Waals surface area contributed by atoms with Crippen molar-refractivity contribution in [2.24, 2.45) is 5.92 Å². The maximum Gasteiger partial charge on any atom is 0.261 e. The summed E-state index contributed by atoms with van der Waals surface area (Å²) in [7, 11) is 0. The summed E-state index contributed by atoms with van der Waals surface area (Å²) < 4.78 is 34.8. The van der Waals surface area contributed by atoms with Crippen LogP contribution < -0.4 is 14.5 Å². The van der Waals surface area contributed by atoms with E-state index in [1.807, 2.05) is 30.3 Å². The number of rotatable bonds is 10. The van der Waals surface area contributed by atoms with Gasteiger partial charge in [0, 0.05) is 48.7 Å². The van der Waals surface area contributed by atoms with E-state index in [0.29, 0.717) is 17.3 Å². The van der Waals surface area contributed by atoms with Crippen LogP contribution >= 0.6 is 11.8 Å². The van der Waals surface area contributed by atoms with Gasteiger partial charge >= 0.3 is 0 Å². The molecule has 4 rings (SSSR count). The number of halogens is 1. The second kappa shape index (κ2) is 13.3. The number of alkyl halides is 1. The fourth-order valence-electron chi connectivity index (χ4n) is 4.26. The topological polar surface area (TPSA) is 122 Å². The Bertz CT molecular complexity index is 1300. The third kappa shape index (κ3) is 7.06. The molecule has 0 amide bonds. The summed E-state index contributed by atoms with van der Waals surface area (Å²) in [5.41, 5.74) is 3.91. The van der Waals surface area contributed by atoms with Crippen LogP contribution in [0.3, 0.4) is 0 Å². The number of nitrogens with one attached hydrogen (secondary N) is 1. The predicted octanol–water partition coefficient (Wildman–Crippen LogP) is 5.15. The van der Waals surface area contributed by atoms with Crippen molar-refractivity contribution in [2.75, 3.05) is 40.2 Å². The van der Waals surface area contributed by atoms with Gasteiger partial charge in [-0.25, -0.2) is 18.6 Å². The van der Waals surface area contributed by atoms with Gasteiger partial charge in [-0.15, -0.1) is 0 Å². The van der Waals surface area contributed by atoms with E-state index in [1.54, 1.807) is 36.5 Å². The first-order chi connectivity index (χ1) is 18.5. The van der Waals surface area contributed by atoms with Gasteiger partial charge in [-0.1, -0.05) is 23.9 Å². The minimum atomic E-state index is -2.22. The molecule has 0 bridgehead atoms. The Morgan fingerprint density at radius 3 is 2.53 bits per heavy atom. The summed E-state index contributed by atoms with van der Waals surface area (Å²) in [4.78, 5) is 23.1. The van der Waals surface area contributed by atoms with Crippen LogP contribution in [-0.2, 0) is 16.1 Å². The number of hydrogen-bond acceptors (Lipinski definition) is 8. The Balaban J connectivity index is 1.38. The van der Waals surface area contributed by atoms with E-state index in [1.165, 1.54) is 4.31 Å². The highest BCUT2D eigenvalue weighted by molar-refractivity contribution is 8.13. The van der Waals surface area contributed by atoms with E-state index in [9.17, 15) is 17.9 Å². The van der Waals surface area contributed by atoms with Crippen molar-refractivity contribution in [3.8, 4) is 17.3 Å². The minimum absolute atomic E-state index is 0.0518. The van der Waals surface area contributed by atoms with E-state index in [2.05, 4.69) is 20.2 Å². The number of piperidine rings is 1. The quantitative estimate of drug-likeness (QED) is 0.328. The van der Waals surface area contributed by atoms with Crippen molar-refractivity contribution < 1.29 is 17.9 Å². The fourth-order valence-corrected chi connectivity index (χ4v) is 5.39. The molecule has 2 heterocycles. The first kappa shape index (κ1) is 27.5. The van der Waals surface area contributed by atoms with Crippen LogP contribution in [0.5, 0.6) is 0 Å². The van der Waals surface area contributed by atoms with Crippen LogP contribution in [-0.4, -0.2) is 49.5 Å². The maximum absolute atomic E-state index is 12.4. The second-order valence-corrected chi connectivity index (χ2v) is 10.4. The number of nitrogens with zero attached hydrogens (tertiary/aromatic N) is 5. The number of benzene rings is 2. The molecule has 1 unspecified atom stereocenters. The lowest BCUT2D eigenvalue weighted by Crippen LogP contribution is -2.35. The highest BCUT2D eigenvalue weighted by Crippen LogP contribution is 2.28. The molecule has 0 spiro atoms. The number of nitriles is 1. The van der Waals surface area contributed by atoms with Gasteiger partial charge < -0.3 is 10.2 Å². The summed E-state index contributed by atoms with van der Waals surface area (Å²) >= 11 is -1.46. The summed E-state index contributed by atoms with van der Waals surface area (Å²) in [5, 5.41) is 11.9. The lowest BCUT2D eigenvalue weighted by molar-refractivity contribution is -0.114. The van der Waals surface area contributed by atoms with E-state index in [-0.39, 0.29) is 24.0 Å². The average Bonchev–Trinajstić information content (AvgIpc) is 2.94. The molecule has 1 fully saturated rings.